The fourth-order valence-corrected chi connectivity index (χ4v) is 0.907. The Bertz CT molecular complexity index is 351. The highest BCUT2D eigenvalue weighted by molar-refractivity contribution is 5.43. The van der Waals surface area contributed by atoms with Crippen molar-refractivity contribution in [2.24, 2.45) is 0 Å². The first-order valence-electron chi connectivity index (χ1n) is 3.48. The van der Waals surface area contributed by atoms with Crippen molar-refractivity contribution in [2.75, 3.05) is 7.11 Å². The molecule has 0 radical (unpaired) electrons. The molecule has 1 heterocycles. The summed E-state index contributed by atoms with van der Waals surface area (Å²) in [6, 6.07) is 1.17. The number of nitrogens with zero attached hydrogens (tertiary/aromatic N) is 2. The summed E-state index contributed by atoms with van der Waals surface area (Å²) in [5.41, 5.74) is 0.0552. The van der Waals surface area contributed by atoms with Crippen LogP contribution >= 0.6 is 0 Å². The van der Waals surface area contributed by atoms with Crippen molar-refractivity contribution < 1.29 is 14.4 Å². The average Bonchev–Trinajstić information content (AvgIpc) is 2.08. The third-order valence-electron chi connectivity index (χ3n) is 1.60. The maximum absolute atomic E-state index is 11.0. The second kappa shape index (κ2) is 3.26. The summed E-state index contributed by atoms with van der Waals surface area (Å²) in [4.78, 5) is 9.87. The number of aryl methyl sites for hydroxylation is 1. The molecule has 13 heavy (non-hydrogen) atoms. The Hall–Kier alpha value is -1.85. The van der Waals surface area contributed by atoms with Gasteiger partial charge in [0, 0.05) is 6.92 Å². The van der Waals surface area contributed by atoms with Crippen LogP contribution in [-0.4, -0.2) is 12.0 Å². The van der Waals surface area contributed by atoms with E-state index in [9.17, 15) is 15.3 Å². The predicted molar refractivity (Wildman–Crippen MR) is 43.3 cm³/mol. The molecule has 0 aliphatic carbocycles. The highest BCUT2D eigenvalue weighted by Gasteiger charge is 2.19. The van der Waals surface area contributed by atoms with E-state index in [0.29, 0.717) is 4.73 Å². The summed E-state index contributed by atoms with van der Waals surface area (Å²) in [6.45, 7) is 1.49. The van der Waals surface area contributed by atoms with E-state index in [1.165, 1.54) is 20.1 Å². The third-order valence-corrected chi connectivity index (χ3v) is 1.60. The van der Waals surface area contributed by atoms with Crippen molar-refractivity contribution >= 4 is 5.69 Å². The van der Waals surface area contributed by atoms with E-state index >= 15 is 0 Å². The molecular weight excluding hydrogens is 176 g/mol. The van der Waals surface area contributed by atoms with Gasteiger partial charge in [-0.2, -0.15) is 4.73 Å². The van der Waals surface area contributed by atoms with Gasteiger partial charge in [0.2, 0.25) is 6.20 Å². The third kappa shape index (κ3) is 1.66. The Labute approximate surface area is 74.1 Å². The average molecular weight is 184 g/mol. The van der Waals surface area contributed by atoms with Gasteiger partial charge in [-0.05, 0) is 0 Å². The van der Waals surface area contributed by atoms with E-state index in [0.717, 1.165) is 6.20 Å². The molecule has 0 aliphatic heterocycles. The SMILES string of the molecule is COc1c[n+]([O-])c(C)cc1[N+](=O)[O-]. The molecule has 70 valence electrons. The number of ether oxygens (including phenoxy) is 1. The maximum atomic E-state index is 11.0. The molecular formula is C7H8N2O4. The topological polar surface area (TPSA) is 79.3 Å². The first kappa shape index (κ1) is 9.24. The molecule has 1 aromatic rings. The van der Waals surface area contributed by atoms with Gasteiger partial charge in [0.05, 0.1) is 18.1 Å². The molecule has 1 rings (SSSR count). The lowest BCUT2D eigenvalue weighted by Gasteiger charge is -2.03. The highest BCUT2D eigenvalue weighted by Crippen LogP contribution is 2.24. The van der Waals surface area contributed by atoms with E-state index in [1.54, 1.807) is 0 Å². The van der Waals surface area contributed by atoms with E-state index < -0.39 is 4.92 Å². The van der Waals surface area contributed by atoms with Crippen molar-refractivity contribution in [3.63, 3.8) is 0 Å². The molecule has 0 N–H and O–H groups in total. The smallest absolute Gasteiger partial charge is 0.323 e. The minimum absolute atomic E-state index is 0.0365. The summed E-state index contributed by atoms with van der Waals surface area (Å²) in [5.74, 6) is -0.0365. The molecule has 0 fully saturated rings. The van der Waals surface area contributed by atoms with Gasteiger partial charge in [-0.3, -0.25) is 10.1 Å². The summed E-state index contributed by atoms with van der Waals surface area (Å²) >= 11 is 0. The predicted octanol–water partition coefficient (Wildman–Crippen LogP) is 0.545. The zero-order valence-electron chi connectivity index (χ0n) is 7.18. The van der Waals surface area contributed by atoms with E-state index in [-0.39, 0.29) is 17.1 Å². The number of rotatable bonds is 2. The lowest BCUT2D eigenvalue weighted by molar-refractivity contribution is -0.613. The Balaban J connectivity index is 3.33. The molecule has 0 saturated carbocycles. The number of nitro groups is 1. The van der Waals surface area contributed by atoms with Crippen LogP contribution in [0.1, 0.15) is 5.69 Å². The van der Waals surface area contributed by atoms with Gasteiger partial charge in [0.25, 0.3) is 5.75 Å². The Morgan fingerprint density at radius 2 is 2.23 bits per heavy atom. The Kier molecular flexibility index (Phi) is 2.32. The molecule has 0 spiro atoms. The highest BCUT2D eigenvalue weighted by atomic mass is 16.6. The van der Waals surface area contributed by atoms with Crippen LogP contribution < -0.4 is 9.47 Å². The number of aromatic nitrogens is 1. The van der Waals surface area contributed by atoms with E-state index in [1.807, 2.05) is 0 Å². The van der Waals surface area contributed by atoms with Gasteiger partial charge in [0.1, 0.15) is 0 Å². The van der Waals surface area contributed by atoms with Crippen LogP contribution in [-0.2, 0) is 0 Å². The molecule has 0 unspecified atom stereocenters. The number of methoxy groups -OCH3 is 1. The van der Waals surface area contributed by atoms with Crippen LogP contribution in [0.15, 0.2) is 12.3 Å². The minimum Gasteiger partial charge on any atom is -0.618 e. The molecule has 0 bridgehead atoms. The largest absolute Gasteiger partial charge is 0.618 e. The second-order valence-electron chi connectivity index (χ2n) is 2.45. The van der Waals surface area contributed by atoms with Gasteiger partial charge < -0.3 is 9.94 Å². The molecule has 0 aromatic carbocycles. The fourth-order valence-electron chi connectivity index (χ4n) is 0.907. The summed E-state index contributed by atoms with van der Waals surface area (Å²) in [5, 5.41) is 21.4. The van der Waals surface area contributed by atoms with Crippen LogP contribution in [0.4, 0.5) is 5.69 Å². The van der Waals surface area contributed by atoms with Gasteiger partial charge in [0.15, 0.2) is 5.69 Å². The van der Waals surface area contributed by atoms with Crippen molar-refractivity contribution in [3.8, 4) is 5.75 Å². The Morgan fingerprint density at radius 1 is 1.62 bits per heavy atom. The second-order valence-corrected chi connectivity index (χ2v) is 2.45. The quantitative estimate of drug-likeness (QED) is 0.291. The molecule has 6 nitrogen and oxygen atoms in total. The van der Waals surface area contributed by atoms with Gasteiger partial charge in [-0.25, -0.2) is 0 Å². The lowest BCUT2D eigenvalue weighted by Crippen LogP contribution is -2.29. The number of hydrogen-bond donors (Lipinski definition) is 0. The minimum atomic E-state index is -0.591. The maximum Gasteiger partial charge on any atom is 0.323 e. The fraction of sp³-hybridized carbons (Fsp3) is 0.286. The number of pyridine rings is 1. The van der Waals surface area contributed by atoms with Crippen LogP contribution in [0.3, 0.4) is 0 Å². The van der Waals surface area contributed by atoms with Crippen molar-refractivity contribution in [3.05, 3.63) is 33.3 Å². The van der Waals surface area contributed by atoms with Crippen molar-refractivity contribution in [2.45, 2.75) is 6.92 Å². The van der Waals surface area contributed by atoms with Crippen molar-refractivity contribution in [1.82, 2.24) is 0 Å². The van der Waals surface area contributed by atoms with Crippen LogP contribution in [0.2, 0.25) is 0 Å². The first-order chi connectivity index (χ1) is 6.06. The van der Waals surface area contributed by atoms with Crippen LogP contribution in [0, 0.1) is 22.2 Å². The molecule has 0 amide bonds. The summed E-state index contributed by atoms with van der Waals surface area (Å²) < 4.78 is 5.20. The standard InChI is InChI=1S/C7H8N2O4/c1-5-3-6(9(11)12)7(13-2)4-8(5)10/h3-4H,1-2H3. The number of hydrogen-bond acceptors (Lipinski definition) is 4. The molecule has 0 aliphatic rings. The van der Waals surface area contributed by atoms with Gasteiger partial charge >= 0.3 is 5.69 Å². The van der Waals surface area contributed by atoms with Crippen molar-refractivity contribution in [1.29, 1.82) is 0 Å². The summed E-state index contributed by atoms with van der Waals surface area (Å²) in [6.07, 6.45) is 1.04. The summed E-state index contributed by atoms with van der Waals surface area (Å²) in [7, 11) is 1.28. The van der Waals surface area contributed by atoms with E-state index in [4.69, 9.17) is 0 Å². The Morgan fingerprint density at radius 3 is 2.69 bits per heavy atom. The van der Waals surface area contributed by atoms with Gasteiger partial charge in [-0.15, -0.1) is 0 Å². The monoisotopic (exact) mass is 184 g/mol. The van der Waals surface area contributed by atoms with Crippen LogP contribution in [0.5, 0.6) is 5.75 Å². The first-order valence-corrected chi connectivity index (χ1v) is 3.48. The molecule has 0 atom stereocenters. The zero-order chi connectivity index (χ0) is 10.0. The zero-order valence-corrected chi connectivity index (χ0v) is 7.18. The molecule has 0 saturated heterocycles. The normalized spacial score (nSPS) is 9.69. The lowest BCUT2D eigenvalue weighted by atomic mass is 10.3. The van der Waals surface area contributed by atoms with Crippen LogP contribution in [0.25, 0.3) is 0 Å². The van der Waals surface area contributed by atoms with Gasteiger partial charge in [-0.1, -0.05) is 0 Å². The molecule has 6 heteroatoms. The van der Waals surface area contributed by atoms with E-state index in [2.05, 4.69) is 4.74 Å². The molecule has 1 aromatic heterocycles.